The summed E-state index contributed by atoms with van der Waals surface area (Å²) < 4.78 is 17.7. The highest BCUT2D eigenvalue weighted by molar-refractivity contribution is 8.00. The molecule has 8 heteroatoms. The van der Waals surface area contributed by atoms with E-state index in [0.717, 1.165) is 11.8 Å². The Morgan fingerprint density at radius 3 is 2.60 bits per heavy atom. The standard InChI is InChI=1S/C12H13FN2O4S/c13-8-3-1-2-4-9(8)15-11(17)6-20-7-12(18)19-5-10(14)16/h1-4H,5-7H2,(H2,14,16)(H,15,17). The van der Waals surface area contributed by atoms with Crippen LogP contribution in [0.5, 0.6) is 0 Å². The third-order valence-corrected chi connectivity index (χ3v) is 2.88. The third-order valence-electron chi connectivity index (χ3n) is 1.98. The molecule has 2 amide bonds. The van der Waals surface area contributed by atoms with Crippen LogP contribution in [-0.2, 0) is 19.1 Å². The van der Waals surface area contributed by atoms with Crippen molar-refractivity contribution in [2.45, 2.75) is 0 Å². The van der Waals surface area contributed by atoms with Crippen molar-refractivity contribution in [2.75, 3.05) is 23.4 Å². The molecular formula is C12H13FN2O4S. The largest absolute Gasteiger partial charge is 0.455 e. The zero-order valence-electron chi connectivity index (χ0n) is 10.4. The summed E-state index contributed by atoms with van der Waals surface area (Å²) in [5.74, 6) is -2.51. The second-order valence-electron chi connectivity index (χ2n) is 3.65. The van der Waals surface area contributed by atoms with Gasteiger partial charge in [0.15, 0.2) is 6.61 Å². The van der Waals surface area contributed by atoms with Gasteiger partial charge in [-0.05, 0) is 12.1 Å². The first-order valence-corrected chi connectivity index (χ1v) is 6.70. The average Bonchev–Trinajstić information content (AvgIpc) is 2.39. The number of nitrogens with two attached hydrogens (primary N) is 1. The van der Waals surface area contributed by atoms with Crippen LogP contribution in [0.2, 0.25) is 0 Å². The maximum absolute atomic E-state index is 13.2. The fourth-order valence-corrected chi connectivity index (χ4v) is 1.78. The number of benzene rings is 1. The van der Waals surface area contributed by atoms with E-state index in [0.29, 0.717) is 0 Å². The second kappa shape index (κ2) is 8.16. The van der Waals surface area contributed by atoms with E-state index in [1.165, 1.54) is 18.2 Å². The van der Waals surface area contributed by atoms with Crippen LogP contribution in [0, 0.1) is 5.82 Å². The quantitative estimate of drug-likeness (QED) is 0.716. The van der Waals surface area contributed by atoms with Gasteiger partial charge in [0, 0.05) is 0 Å². The molecule has 0 saturated heterocycles. The topological polar surface area (TPSA) is 98.5 Å². The summed E-state index contributed by atoms with van der Waals surface area (Å²) in [6.07, 6.45) is 0. The Bertz CT molecular complexity index is 510. The van der Waals surface area contributed by atoms with Gasteiger partial charge in [0.1, 0.15) is 5.82 Å². The number of esters is 1. The molecule has 1 aromatic rings. The number of para-hydroxylation sites is 1. The molecule has 0 bridgehead atoms. The maximum Gasteiger partial charge on any atom is 0.316 e. The Hall–Kier alpha value is -2.09. The molecule has 108 valence electrons. The number of halogens is 1. The van der Waals surface area contributed by atoms with Crippen LogP contribution >= 0.6 is 11.8 Å². The summed E-state index contributed by atoms with van der Waals surface area (Å²) in [5, 5.41) is 2.37. The van der Waals surface area contributed by atoms with Crippen molar-refractivity contribution in [3.8, 4) is 0 Å². The monoisotopic (exact) mass is 300 g/mol. The first kappa shape index (κ1) is 16.0. The van der Waals surface area contributed by atoms with Crippen molar-refractivity contribution in [3.63, 3.8) is 0 Å². The van der Waals surface area contributed by atoms with E-state index < -0.39 is 30.2 Å². The van der Waals surface area contributed by atoms with Crippen molar-refractivity contribution >= 4 is 35.2 Å². The average molecular weight is 300 g/mol. The van der Waals surface area contributed by atoms with Crippen molar-refractivity contribution in [2.24, 2.45) is 5.73 Å². The smallest absolute Gasteiger partial charge is 0.316 e. The highest BCUT2D eigenvalue weighted by Crippen LogP contribution is 2.13. The highest BCUT2D eigenvalue weighted by Gasteiger charge is 2.09. The molecule has 0 atom stereocenters. The minimum atomic E-state index is -0.749. The number of hydrogen-bond donors (Lipinski definition) is 2. The number of nitrogens with one attached hydrogen (secondary N) is 1. The predicted molar refractivity (Wildman–Crippen MR) is 72.5 cm³/mol. The van der Waals surface area contributed by atoms with E-state index >= 15 is 0 Å². The van der Waals surface area contributed by atoms with Gasteiger partial charge in [-0.15, -0.1) is 11.8 Å². The molecule has 0 heterocycles. The number of amides is 2. The second-order valence-corrected chi connectivity index (χ2v) is 4.63. The Labute approximate surface area is 118 Å². The van der Waals surface area contributed by atoms with Gasteiger partial charge in [-0.1, -0.05) is 12.1 Å². The lowest BCUT2D eigenvalue weighted by molar-refractivity contribution is -0.145. The highest BCUT2D eigenvalue weighted by atomic mass is 32.2. The zero-order valence-corrected chi connectivity index (χ0v) is 11.2. The lowest BCUT2D eigenvalue weighted by Crippen LogP contribution is -2.22. The van der Waals surface area contributed by atoms with Crippen LogP contribution in [0.4, 0.5) is 10.1 Å². The molecule has 0 radical (unpaired) electrons. The van der Waals surface area contributed by atoms with Gasteiger partial charge in [0.05, 0.1) is 17.2 Å². The number of ether oxygens (including phenoxy) is 1. The van der Waals surface area contributed by atoms with Crippen LogP contribution in [0.15, 0.2) is 24.3 Å². The molecule has 0 saturated carbocycles. The van der Waals surface area contributed by atoms with Gasteiger partial charge >= 0.3 is 5.97 Å². The molecule has 0 unspecified atom stereocenters. The number of hydrogen-bond acceptors (Lipinski definition) is 5. The normalized spacial score (nSPS) is 9.85. The minimum absolute atomic E-state index is 0.0417. The molecule has 0 aromatic heterocycles. The fourth-order valence-electron chi connectivity index (χ4n) is 1.17. The van der Waals surface area contributed by atoms with E-state index in [2.05, 4.69) is 10.1 Å². The molecule has 0 fully saturated rings. The number of carbonyl (C=O) groups is 3. The Kier molecular flexibility index (Phi) is 6.51. The maximum atomic E-state index is 13.2. The summed E-state index contributed by atoms with van der Waals surface area (Å²) in [6.45, 7) is -0.485. The van der Waals surface area contributed by atoms with Crippen molar-refractivity contribution in [3.05, 3.63) is 30.1 Å². The van der Waals surface area contributed by atoms with E-state index in [9.17, 15) is 18.8 Å². The van der Waals surface area contributed by atoms with E-state index in [1.54, 1.807) is 6.07 Å². The van der Waals surface area contributed by atoms with E-state index in [4.69, 9.17) is 5.73 Å². The van der Waals surface area contributed by atoms with Gasteiger partial charge in [-0.2, -0.15) is 0 Å². The lowest BCUT2D eigenvalue weighted by Gasteiger charge is -2.06. The Balaban J connectivity index is 2.25. The van der Waals surface area contributed by atoms with Crippen LogP contribution in [0.3, 0.4) is 0 Å². The first-order valence-electron chi connectivity index (χ1n) is 5.55. The Morgan fingerprint density at radius 1 is 1.25 bits per heavy atom. The van der Waals surface area contributed by atoms with Crippen LogP contribution < -0.4 is 11.1 Å². The van der Waals surface area contributed by atoms with Crippen LogP contribution in [-0.4, -0.2) is 35.9 Å². The first-order chi connectivity index (χ1) is 9.49. The number of anilines is 1. The summed E-state index contributed by atoms with van der Waals surface area (Å²) in [6, 6.07) is 5.75. The molecule has 1 rings (SSSR count). The van der Waals surface area contributed by atoms with Gasteiger partial charge in [-0.25, -0.2) is 4.39 Å². The third kappa shape index (κ3) is 6.19. The molecule has 0 spiro atoms. The number of primary amides is 1. The summed E-state index contributed by atoms with van der Waals surface area (Å²) in [5.41, 5.74) is 4.87. The molecule has 0 aliphatic heterocycles. The van der Waals surface area contributed by atoms with E-state index in [1.807, 2.05) is 0 Å². The summed E-state index contributed by atoms with van der Waals surface area (Å²) in [4.78, 5) is 32.9. The molecule has 0 aliphatic rings. The molecule has 1 aromatic carbocycles. The number of rotatable bonds is 7. The van der Waals surface area contributed by atoms with Crippen molar-refractivity contribution < 1.29 is 23.5 Å². The number of thioether (sulfide) groups is 1. The molecule has 6 nitrogen and oxygen atoms in total. The molecule has 20 heavy (non-hydrogen) atoms. The van der Waals surface area contributed by atoms with Gasteiger partial charge in [-0.3, -0.25) is 14.4 Å². The van der Waals surface area contributed by atoms with Gasteiger partial charge in [0.2, 0.25) is 5.91 Å². The van der Waals surface area contributed by atoms with E-state index in [-0.39, 0.29) is 17.2 Å². The predicted octanol–water partition coefficient (Wildman–Crippen LogP) is 0.526. The zero-order chi connectivity index (χ0) is 15.0. The fraction of sp³-hybridized carbons (Fsp3) is 0.250. The van der Waals surface area contributed by atoms with Crippen molar-refractivity contribution in [1.82, 2.24) is 0 Å². The molecular weight excluding hydrogens is 287 g/mol. The minimum Gasteiger partial charge on any atom is -0.455 e. The molecule has 3 N–H and O–H groups in total. The molecule has 0 aliphatic carbocycles. The Morgan fingerprint density at radius 2 is 1.95 bits per heavy atom. The van der Waals surface area contributed by atoms with Crippen LogP contribution in [0.25, 0.3) is 0 Å². The summed E-state index contributed by atoms with van der Waals surface area (Å²) >= 11 is 0.985. The SMILES string of the molecule is NC(=O)COC(=O)CSCC(=O)Nc1ccccc1F. The summed E-state index contributed by atoms with van der Waals surface area (Å²) in [7, 11) is 0. The number of carbonyl (C=O) groups excluding carboxylic acids is 3. The lowest BCUT2D eigenvalue weighted by atomic mass is 10.3. The van der Waals surface area contributed by atoms with Crippen LogP contribution in [0.1, 0.15) is 0 Å². The van der Waals surface area contributed by atoms with Gasteiger partial charge < -0.3 is 15.8 Å². The van der Waals surface area contributed by atoms with Crippen molar-refractivity contribution in [1.29, 1.82) is 0 Å². The van der Waals surface area contributed by atoms with Gasteiger partial charge in [0.25, 0.3) is 5.91 Å².